The van der Waals surface area contributed by atoms with Crippen LogP contribution in [0.4, 0.5) is 0 Å². The summed E-state index contributed by atoms with van der Waals surface area (Å²) in [5, 5.41) is 10.0. The molecule has 0 aliphatic carbocycles. The van der Waals surface area contributed by atoms with E-state index in [1.807, 2.05) is 74.7 Å². The summed E-state index contributed by atoms with van der Waals surface area (Å²) in [6.07, 6.45) is 1.53. The van der Waals surface area contributed by atoms with E-state index in [9.17, 15) is 14.7 Å². The van der Waals surface area contributed by atoms with Crippen molar-refractivity contribution in [3.8, 4) is 11.1 Å². The van der Waals surface area contributed by atoms with Gasteiger partial charge in [-0.2, -0.15) is 0 Å². The van der Waals surface area contributed by atoms with Gasteiger partial charge in [0, 0.05) is 13.0 Å². The summed E-state index contributed by atoms with van der Waals surface area (Å²) >= 11 is 0. The van der Waals surface area contributed by atoms with Crippen molar-refractivity contribution in [1.82, 2.24) is 9.55 Å². The Kier molecular flexibility index (Phi) is 8.46. The quantitative estimate of drug-likeness (QED) is 0.427. The molecule has 0 saturated carbocycles. The van der Waals surface area contributed by atoms with E-state index in [0.717, 1.165) is 28.9 Å². The number of hydrogen-bond acceptors (Lipinski definition) is 6. The number of nitrogens with zero attached hydrogens (tertiary/aromatic N) is 2. The maximum Gasteiger partial charge on any atom is 0.358 e. The summed E-state index contributed by atoms with van der Waals surface area (Å²) in [7, 11) is 0. The van der Waals surface area contributed by atoms with Crippen LogP contribution in [0.25, 0.3) is 11.1 Å². The minimum absolute atomic E-state index is 0.167. The lowest BCUT2D eigenvalue weighted by Gasteiger charge is -2.20. The topological polar surface area (TPSA) is 90.6 Å². The second kappa shape index (κ2) is 11.3. The van der Waals surface area contributed by atoms with Gasteiger partial charge in [-0.1, -0.05) is 49.4 Å². The molecule has 1 N–H and O–H groups in total. The Hall–Kier alpha value is -3.45. The molecule has 0 spiro atoms. The number of carbonyl (C=O) groups excluding carboxylic acids is 2. The predicted molar refractivity (Wildman–Crippen MR) is 134 cm³/mol. The first-order chi connectivity index (χ1) is 16.7. The molecule has 2 aromatic carbocycles. The number of esters is 2. The number of imidazole rings is 1. The lowest BCUT2D eigenvalue weighted by atomic mass is 9.98. The number of ether oxygens (including phenoxy) is 2. The van der Waals surface area contributed by atoms with E-state index in [2.05, 4.69) is 4.98 Å². The highest BCUT2D eigenvalue weighted by molar-refractivity contribution is 5.97. The van der Waals surface area contributed by atoms with Crippen molar-refractivity contribution >= 4 is 11.9 Å². The van der Waals surface area contributed by atoms with Crippen LogP contribution in [-0.2, 0) is 29.0 Å². The van der Waals surface area contributed by atoms with E-state index in [-0.39, 0.29) is 24.9 Å². The largest absolute Gasteiger partial charge is 0.461 e. The number of carbonyl (C=O) groups is 2. The summed E-state index contributed by atoms with van der Waals surface area (Å²) in [6.45, 7) is 9.70. The van der Waals surface area contributed by atoms with Gasteiger partial charge in [0.15, 0.2) is 5.69 Å². The number of aliphatic hydroxyl groups excluding tert-OH is 1. The van der Waals surface area contributed by atoms with Crippen molar-refractivity contribution in [1.29, 1.82) is 0 Å². The van der Waals surface area contributed by atoms with E-state index < -0.39 is 11.6 Å². The maximum atomic E-state index is 12.7. The zero-order valence-electron chi connectivity index (χ0n) is 21.1. The van der Waals surface area contributed by atoms with E-state index in [0.29, 0.717) is 24.2 Å². The highest BCUT2D eigenvalue weighted by Gasteiger charge is 2.23. The molecule has 0 radical (unpaired) electrons. The molecule has 0 atom stereocenters. The second-order valence-electron chi connectivity index (χ2n) is 9.28. The molecule has 7 heteroatoms. The van der Waals surface area contributed by atoms with Gasteiger partial charge in [0.1, 0.15) is 11.4 Å². The van der Waals surface area contributed by atoms with Crippen molar-refractivity contribution in [2.45, 2.75) is 66.2 Å². The molecular formula is C28H34N2O5. The Morgan fingerprint density at radius 3 is 2.29 bits per heavy atom. The van der Waals surface area contributed by atoms with Crippen LogP contribution in [0.3, 0.4) is 0 Å². The predicted octanol–water partition coefficient (Wildman–Crippen LogP) is 5.18. The Morgan fingerprint density at radius 2 is 1.69 bits per heavy atom. The minimum Gasteiger partial charge on any atom is -0.461 e. The van der Waals surface area contributed by atoms with Crippen molar-refractivity contribution in [2.75, 3.05) is 6.61 Å². The Morgan fingerprint density at radius 1 is 1.00 bits per heavy atom. The third kappa shape index (κ3) is 6.36. The average molecular weight is 479 g/mol. The molecule has 0 amide bonds. The van der Waals surface area contributed by atoms with Crippen LogP contribution < -0.4 is 0 Å². The van der Waals surface area contributed by atoms with Gasteiger partial charge < -0.3 is 19.1 Å². The summed E-state index contributed by atoms with van der Waals surface area (Å²) in [5.41, 5.74) is 3.21. The molecule has 0 bridgehead atoms. The van der Waals surface area contributed by atoms with Gasteiger partial charge in [0.25, 0.3) is 0 Å². The molecule has 35 heavy (non-hydrogen) atoms. The highest BCUT2D eigenvalue weighted by Crippen LogP contribution is 2.27. The number of rotatable bonds is 9. The van der Waals surface area contributed by atoms with E-state index in [4.69, 9.17) is 9.47 Å². The average Bonchev–Trinajstić information content (AvgIpc) is 3.16. The van der Waals surface area contributed by atoms with Crippen LogP contribution in [-0.4, -0.2) is 38.8 Å². The van der Waals surface area contributed by atoms with Gasteiger partial charge in [-0.05, 0) is 56.9 Å². The molecule has 3 rings (SSSR count). The summed E-state index contributed by atoms with van der Waals surface area (Å²) < 4.78 is 12.6. The van der Waals surface area contributed by atoms with E-state index in [1.165, 1.54) is 0 Å². The van der Waals surface area contributed by atoms with Crippen LogP contribution in [0.2, 0.25) is 0 Å². The van der Waals surface area contributed by atoms with Gasteiger partial charge in [0.05, 0.1) is 24.5 Å². The molecule has 0 aliphatic heterocycles. The second-order valence-corrected chi connectivity index (χ2v) is 9.28. The molecule has 3 aromatic rings. The van der Waals surface area contributed by atoms with Gasteiger partial charge >= 0.3 is 11.9 Å². The normalized spacial score (nSPS) is 11.4. The van der Waals surface area contributed by atoms with Crippen molar-refractivity contribution in [3.05, 3.63) is 76.9 Å². The molecule has 0 unspecified atom stereocenters. The SMILES string of the molecule is CCCc1nc(C(=O)OCC)c(CO)n1Cc1ccc(-c2ccccc2C(=O)OC(C)(C)C)cc1. The smallest absolute Gasteiger partial charge is 0.358 e. The molecule has 0 aliphatic rings. The van der Waals surface area contributed by atoms with Crippen molar-refractivity contribution in [2.24, 2.45) is 0 Å². The maximum absolute atomic E-state index is 12.7. The molecule has 0 fully saturated rings. The van der Waals surface area contributed by atoms with Crippen molar-refractivity contribution in [3.63, 3.8) is 0 Å². The lowest BCUT2D eigenvalue weighted by molar-refractivity contribution is 0.00702. The Balaban J connectivity index is 1.92. The first-order valence-corrected chi connectivity index (χ1v) is 12.0. The van der Waals surface area contributed by atoms with Crippen LogP contribution in [0.1, 0.15) is 79.0 Å². The number of aryl methyl sites for hydroxylation is 1. The first kappa shape index (κ1) is 26.2. The van der Waals surface area contributed by atoms with E-state index >= 15 is 0 Å². The van der Waals surface area contributed by atoms with Crippen LogP contribution >= 0.6 is 0 Å². The molecule has 7 nitrogen and oxygen atoms in total. The highest BCUT2D eigenvalue weighted by atomic mass is 16.6. The zero-order valence-corrected chi connectivity index (χ0v) is 21.1. The minimum atomic E-state index is -0.581. The fraction of sp³-hybridized carbons (Fsp3) is 0.393. The summed E-state index contributed by atoms with van der Waals surface area (Å²) in [4.78, 5) is 29.6. The number of hydrogen-bond donors (Lipinski definition) is 1. The first-order valence-electron chi connectivity index (χ1n) is 12.0. The third-order valence-corrected chi connectivity index (χ3v) is 5.40. The van der Waals surface area contributed by atoms with Crippen molar-refractivity contribution < 1.29 is 24.2 Å². The molecule has 0 saturated heterocycles. The monoisotopic (exact) mass is 478 g/mol. The summed E-state index contributed by atoms with van der Waals surface area (Å²) in [5.74, 6) is -0.153. The van der Waals surface area contributed by atoms with Gasteiger partial charge in [-0.15, -0.1) is 0 Å². The molecule has 1 aromatic heterocycles. The Bertz CT molecular complexity index is 1170. The Labute approximate surface area is 206 Å². The fourth-order valence-electron chi connectivity index (χ4n) is 3.88. The standard InChI is InChI=1S/C28H34N2O5/c1-6-10-24-29-25(27(33)34-7-2)23(18-31)30(24)17-19-13-15-20(16-14-19)21-11-8-9-12-22(21)26(32)35-28(3,4)5/h8-9,11-16,31H,6-7,10,17-18H2,1-5H3. The van der Waals surface area contributed by atoms with Crippen LogP contribution in [0.5, 0.6) is 0 Å². The molecule has 186 valence electrons. The number of aromatic nitrogens is 2. The number of benzene rings is 2. The fourth-order valence-corrected chi connectivity index (χ4v) is 3.88. The lowest BCUT2D eigenvalue weighted by Crippen LogP contribution is -2.24. The van der Waals surface area contributed by atoms with Gasteiger partial charge in [-0.25, -0.2) is 14.6 Å². The van der Waals surface area contributed by atoms with Gasteiger partial charge in [0.2, 0.25) is 0 Å². The summed E-state index contributed by atoms with van der Waals surface area (Å²) in [6, 6.07) is 15.3. The molecular weight excluding hydrogens is 444 g/mol. The van der Waals surface area contributed by atoms with Crippen LogP contribution in [0.15, 0.2) is 48.5 Å². The number of aliphatic hydroxyl groups is 1. The van der Waals surface area contributed by atoms with Gasteiger partial charge in [-0.3, -0.25) is 0 Å². The van der Waals surface area contributed by atoms with E-state index in [1.54, 1.807) is 13.0 Å². The van der Waals surface area contributed by atoms with Crippen LogP contribution in [0, 0.1) is 0 Å². The zero-order chi connectivity index (χ0) is 25.6. The third-order valence-electron chi connectivity index (χ3n) is 5.40. The molecule has 1 heterocycles.